The van der Waals surface area contributed by atoms with Gasteiger partial charge in [0.05, 0.1) is 3.79 Å². The Balaban J connectivity index is 2.38. The topological polar surface area (TPSA) is 12.0 Å². The van der Waals surface area contributed by atoms with Gasteiger partial charge in [0, 0.05) is 10.9 Å². The number of rotatable bonds is 10. The summed E-state index contributed by atoms with van der Waals surface area (Å²) in [5, 5.41) is 3.66. The van der Waals surface area contributed by atoms with Gasteiger partial charge in [0.25, 0.3) is 0 Å². The van der Waals surface area contributed by atoms with Crippen molar-refractivity contribution in [3.8, 4) is 0 Å². The molecule has 0 saturated heterocycles. The van der Waals surface area contributed by atoms with Crippen molar-refractivity contribution in [1.29, 1.82) is 0 Å². The van der Waals surface area contributed by atoms with Crippen molar-refractivity contribution in [3.63, 3.8) is 0 Å². The van der Waals surface area contributed by atoms with Crippen molar-refractivity contribution in [2.24, 2.45) is 0 Å². The zero-order valence-corrected chi connectivity index (χ0v) is 13.7. The average molecular weight is 330 g/mol. The highest BCUT2D eigenvalue weighted by Gasteiger charge is 2.12. The molecule has 1 heterocycles. The molecule has 3 heteroatoms. The van der Waals surface area contributed by atoms with E-state index in [-0.39, 0.29) is 0 Å². The van der Waals surface area contributed by atoms with Gasteiger partial charge in [-0.15, -0.1) is 17.9 Å². The second-order valence-corrected chi connectivity index (χ2v) is 7.07. The van der Waals surface area contributed by atoms with E-state index in [4.69, 9.17) is 0 Å². The molecule has 0 aliphatic carbocycles. The SMILES string of the molecule is C=CCCCCCC(NCCC)c1ccc(Br)s1. The van der Waals surface area contributed by atoms with Gasteiger partial charge in [0.1, 0.15) is 0 Å². The summed E-state index contributed by atoms with van der Waals surface area (Å²) in [4.78, 5) is 1.46. The van der Waals surface area contributed by atoms with E-state index in [0.717, 1.165) is 13.0 Å². The Labute approximate surface area is 124 Å². The summed E-state index contributed by atoms with van der Waals surface area (Å²) in [6.07, 6.45) is 9.48. The van der Waals surface area contributed by atoms with Crippen LogP contribution in [0.15, 0.2) is 28.6 Å². The molecule has 1 aromatic heterocycles. The molecule has 1 aromatic rings. The number of thiophene rings is 1. The Morgan fingerprint density at radius 2 is 2.22 bits per heavy atom. The molecule has 0 saturated carbocycles. The minimum atomic E-state index is 0.532. The molecular weight excluding hydrogens is 306 g/mol. The van der Waals surface area contributed by atoms with E-state index >= 15 is 0 Å². The summed E-state index contributed by atoms with van der Waals surface area (Å²) < 4.78 is 1.23. The fourth-order valence-electron chi connectivity index (χ4n) is 1.99. The first-order valence-electron chi connectivity index (χ1n) is 6.87. The zero-order valence-electron chi connectivity index (χ0n) is 11.3. The van der Waals surface area contributed by atoms with Crippen LogP contribution in [0.5, 0.6) is 0 Å². The molecule has 1 nitrogen and oxygen atoms in total. The van der Waals surface area contributed by atoms with Crippen LogP contribution in [-0.4, -0.2) is 6.54 Å². The van der Waals surface area contributed by atoms with Gasteiger partial charge < -0.3 is 5.32 Å². The maximum atomic E-state index is 3.77. The molecule has 1 atom stereocenters. The Hall–Kier alpha value is -0.120. The number of allylic oxidation sites excluding steroid dienone is 1. The van der Waals surface area contributed by atoms with Gasteiger partial charge in [0.2, 0.25) is 0 Å². The Bertz CT molecular complexity index is 335. The molecule has 0 aliphatic rings. The monoisotopic (exact) mass is 329 g/mol. The van der Waals surface area contributed by atoms with Crippen LogP contribution in [0.25, 0.3) is 0 Å². The van der Waals surface area contributed by atoms with E-state index in [9.17, 15) is 0 Å². The van der Waals surface area contributed by atoms with Crippen molar-refractivity contribution < 1.29 is 0 Å². The highest BCUT2D eigenvalue weighted by molar-refractivity contribution is 9.11. The molecule has 18 heavy (non-hydrogen) atoms. The number of halogens is 1. The standard InChI is InChI=1S/C15H24BrNS/c1-3-5-6-7-8-9-13(17-12-4-2)14-10-11-15(16)18-14/h3,10-11,13,17H,1,4-9,12H2,2H3. The van der Waals surface area contributed by atoms with Crippen molar-refractivity contribution in [3.05, 3.63) is 33.5 Å². The first-order valence-corrected chi connectivity index (χ1v) is 8.48. The molecule has 0 amide bonds. The second-order valence-electron chi connectivity index (χ2n) is 4.58. The van der Waals surface area contributed by atoms with Crippen molar-refractivity contribution in [1.82, 2.24) is 5.32 Å². The van der Waals surface area contributed by atoms with Crippen LogP contribution in [0, 0.1) is 0 Å². The smallest absolute Gasteiger partial charge is 0.0701 e. The number of unbranched alkanes of at least 4 members (excludes halogenated alkanes) is 3. The lowest BCUT2D eigenvalue weighted by Gasteiger charge is -2.17. The molecule has 0 aliphatic heterocycles. The van der Waals surface area contributed by atoms with E-state index in [1.807, 2.05) is 17.4 Å². The van der Waals surface area contributed by atoms with Gasteiger partial charge in [-0.05, 0) is 60.3 Å². The average Bonchev–Trinajstić information content (AvgIpc) is 2.79. The summed E-state index contributed by atoms with van der Waals surface area (Å²) >= 11 is 5.40. The second kappa shape index (κ2) is 9.76. The third-order valence-electron chi connectivity index (χ3n) is 2.98. The summed E-state index contributed by atoms with van der Waals surface area (Å²) in [5.41, 5.74) is 0. The van der Waals surface area contributed by atoms with Gasteiger partial charge in [-0.1, -0.05) is 25.8 Å². The van der Waals surface area contributed by atoms with Gasteiger partial charge in [0.15, 0.2) is 0 Å². The fraction of sp³-hybridized carbons (Fsp3) is 0.600. The number of nitrogens with one attached hydrogen (secondary N) is 1. The van der Waals surface area contributed by atoms with Gasteiger partial charge in [-0.3, -0.25) is 0 Å². The summed E-state index contributed by atoms with van der Waals surface area (Å²) in [7, 11) is 0. The fourth-order valence-corrected chi connectivity index (χ4v) is 3.53. The third kappa shape index (κ3) is 6.17. The van der Waals surface area contributed by atoms with Gasteiger partial charge in [-0.25, -0.2) is 0 Å². The normalized spacial score (nSPS) is 12.6. The first kappa shape index (κ1) is 15.9. The Kier molecular flexibility index (Phi) is 8.64. The lowest BCUT2D eigenvalue weighted by Crippen LogP contribution is -2.21. The first-order chi connectivity index (χ1) is 8.77. The Morgan fingerprint density at radius 3 is 2.83 bits per heavy atom. The summed E-state index contributed by atoms with van der Waals surface area (Å²) in [5.74, 6) is 0. The van der Waals surface area contributed by atoms with Crippen LogP contribution < -0.4 is 5.32 Å². The molecule has 0 radical (unpaired) electrons. The lowest BCUT2D eigenvalue weighted by atomic mass is 10.1. The van der Waals surface area contributed by atoms with E-state index in [0.29, 0.717) is 6.04 Å². The van der Waals surface area contributed by atoms with Crippen LogP contribution >= 0.6 is 27.3 Å². The van der Waals surface area contributed by atoms with Crippen molar-refractivity contribution >= 4 is 27.3 Å². The summed E-state index contributed by atoms with van der Waals surface area (Å²) in [6, 6.07) is 4.93. The van der Waals surface area contributed by atoms with Crippen LogP contribution in [0.2, 0.25) is 0 Å². The molecule has 0 fully saturated rings. The predicted molar refractivity (Wildman–Crippen MR) is 86.3 cm³/mol. The van der Waals surface area contributed by atoms with Crippen LogP contribution in [0.4, 0.5) is 0 Å². The predicted octanol–water partition coefficient (Wildman–Crippen LogP) is 5.69. The molecule has 0 spiro atoms. The number of hydrogen-bond acceptors (Lipinski definition) is 2. The number of hydrogen-bond donors (Lipinski definition) is 1. The van der Waals surface area contributed by atoms with Crippen molar-refractivity contribution in [2.45, 2.75) is 51.5 Å². The quantitative estimate of drug-likeness (QED) is 0.429. The maximum absolute atomic E-state index is 3.77. The molecule has 102 valence electrons. The zero-order chi connectivity index (χ0) is 13.2. The highest BCUT2D eigenvalue weighted by atomic mass is 79.9. The molecule has 0 bridgehead atoms. The van der Waals surface area contributed by atoms with E-state index < -0.39 is 0 Å². The highest BCUT2D eigenvalue weighted by Crippen LogP contribution is 2.30. The van der Waals surface area contributed by atoms with Gasteiger partial charge in [-0.2, -0.15) is 0 Å². The molecule has 1 unspecified atom stereocenters. The van der Waals surface area contributed by atoms with E-state index in [2.05, 4.69) is 46.9 Å². The summed E-state index contributed by atoms with van der Waals surface area (Å²) in [6.45, 7) is 7.09. The molecule has 1 rings (SSSR count). The molecule has 1 N–H and O–H groups in total. The Morgan fingerprint density at radius 1 is 1.39 bits per heavy atom. The van der Waals surface area contributed by atoms with Gasteiger partial charge >= 0.3 is 0 Å². The van der Waals surface area contributed by atoms with E-state index in [1.165, 1.54) is 40.8 Å². The lowest BCUT2D eigenvalue weighted by molar-refractivity contribution is 0.478. The van der Waals surface area contributed by atoms with Crippen LogP contribution in [-0.2, 0) is 0 Å². The minimum Gasteiger partial charge on any atom is -0.309 e. The van der Waals surface area contributed by atoms with E-state index in [1.54, 1.807) is 0 Å². The largest absolute Gasteiger partial charge is 0.309 e. The third-order valence-corrected chi connectivity index (χ3v) is 4.72. The van der Waals surface area contributed by atoms with Crippen LogP contribution in [0.1, 0.15) is 56.4 Å². The minimum absolute atomic E-state index is 0.532. The maximum Gasteiger partial charge on any atom is 0.0701 e. The van der Waals surface area contributed by atoms with Crippen LogP contribution in [0.3, 0.4) is 0 Å². The molecule has 0 aromatic carbocycles. The van der Waals surface area contributed by atoms with Crippen molar-refractivity contribution in [2.75, 3.05) is 6.54 Å². The molecular formula is C15H24BrNS.